The number of nitrogens with zero attached hydrogens (tertiary/aromatic N) is 2. The van der Waals surface area contributed by atoms with E-state index in [-0.39, 0.29) is 0 Å². The van der Waals surface area contributed by atoms with Crippen LogP contribution in [0.5, 0.6) is 0 Å². The quantitative estimate of drug-likeness (QED) is 0.265. The van der Waals surface area contributed by atoms with E-state index in [1.54, 1.807) is 12.4 Å². The number of aromatic nitrogens is 2. The molecule has 0 unspecified atom stereocenters. The van der Waals surface area contributed by atoms with Crippen LogP contribution in [-0.4, -0.2) is 4.98 Å². The summed E-state index contributed by atoms with van der Waals surface area (Å²) in [5.74, 6) is 1.02. The highest BCUT2D eigenvalue weighted by atomic mass is 14.9. The van der Waals surface area contributed by atoms with Crippen LogP contribution in [0.1, 0.15) is 122 Å². The van der Waals surface area contributed by atoms with E-state index >= 15 is 0 Å². The standard InChI is InChI=1S/C22H41N2/c1-2-3-4-5-6-7-8-9-10-11-12-13-14-15-16-17-18-19-22-23-20-21-24-22/h20-21H,2-19H2,1H3/q-1. The predicted molar refractivity (Wildman–Crippen MR) is 105 cm³/mol. The third kappa shape index (κ3) is 13.6. The molecule has 1 aromatic heterocycles. The molecule has 0 fully saturated rings. The van der Waals surface area contributed by atoms with Crippen molar-refractivity contribution in [3.63, 3.8) is 0 Å². The van der Waals surface area contributed by atoms with Gasteiger partial charge in [-0.1, -0.05) is 128 Å². The summed E-state index contributed by atoms with van der Waals surface area (Å²) in [5, 5.41) is 0. The molecule has 1 rings (SSSR count). The van der Waals surface area contributed by atoms with Gasteiger partial charge in [0.15, 0.2) is 0 Å². The largest absolute Gasteiger partial charge is 0.446 e. The number of rotatable bonds is 18. The molecular weight excluding hydrogens is 292 g/mol. The van der Waals surface area contributed by atoms with Gasteiger partial charge in [0.25, 0.3) is 0 Å². The molecule has 0 N–H and O–H groups in total. The van der Waals surface area contributed by atoms with E-state index in [1.165, 1.54) is 109 Å². The molecule has 0 aliphatic carbocycles. The van der Waals surface area contributed by atoms with Gasteiger partial charge < -0.3 is 9.97 Å². The van der Waals surface area contributed by atoms with Crippen LogP contribution in [0, 0.1) is 0 Å². The van der Waals surface area contributed by atoms with E-state index in [0.717, 1.165) is 12.2 Å². The van der Waals surface area contributed by atoms with Crippen LogP contribution in [0.3, 0.4) is 0 Å². The van der Waals surface area contributed by atoms with Crippen molar-refractivity contribution in [1.29, 1.82) is 0 Å². The van der Waals surface area contributed by atoms with Crippen LogP contribution in [0.4, 0.5) is 0 Å². The molecule has 0 spiro atoms. The Morgan fingerprint density at radius 2 is 1.04 bits per heavy atom. The van der Waals surface area contributed by atoms with Crippen LogP contribution in [0.15, 0.2) is 12.4 Å². The molecule has 2 heteroatoms. The van der Waals surface area contributed by atoms with E-state index in [0.29, 0.717) is 0 Å². The molecule has 24 heavy (non-hydrogen) atoms. The molecule has 0 atom stereocenters. The van der Waals surface area contributed by atoms with Crippen LogP contribution >= 0.6 is 0 Å². The maximum absolute atomic E-state index is 4.22. The highest BCUT2D eigenvalue weighted by Gasteiger charge is 1.95. The summed E-state index contributed by atoms with van der Waals surface area (Å²) in [4.78, 5) is 8.43. The third-order valence-corrected chi connectivity index (χ3v) is 5.02. The van der Waals surface area contributed by atoms with Crippen LogP contribution < -0.4 is 4.98 Å². The van der Waals surface area contributed by atoms with E-state index in [1.807, 2.05) is 0 Å². The average molecular weight is 334 g/mol. The van der Waals surface area contributed by atoms with Gasteiger partial charge in [-0.2, -0.15) is 0 Å². The van der Waals surface area contributed by atoms with E-state index < -0.39 is 0 Å². The lowest BCUT2D eigenvalue weighted by atomic mass is 10.0. The predicted octanol–water partition coefficient (Wildman–Crippen LogP) is 7.23. The molecule has 1 heterocycles. The summed E-state index contributed by atoms with van der Waals surface area (Å²) < 4.78 is 0. The fraction of sp³-hybridized carbons (Fsp3) is 0.864. The van der Waals surface area contributed by atoms with Gasteiger partial charge in [0.1, 0.15) is 0 Å². The van der Waals surface area contributed by atoms with Crippen molar-refractivity contribution >= 4 is 0 Å². The van der Waals surface area contributed by atoms with E-state index in [2.05, 4.69) is 16.9 Å². The zero-order valence-electron chi connectivity index (χ0n) is 16.3. The number of aryl methyl sites for hydroxylation is 1. The normalized spacial score (nSPS) is 11.2. The lowest BCUT2D eigenvalue weighted by Crippen LogP contribution is -1.90. The zero-order chi connectivity index (χ0) is 17.1. The van der Waals surface area contributed by atoms with Crippen LogP contribution in [0.25, 0.3) is 0 Å². The summed E-state index contributed by atoms with van der Waals surface area (Å²) in [7, 11) is 0. The molecular formula is C22H41N2-. The summed E-state index contributed by atoms with van der Waals surface area (Å²) in [6.07, 6.45) is 28.9. The van der Waals surface area contributed by atoms with Crippen LogP contribution in [-0.2, 0) is 6.42 Å². The van der Waals surface area contributed by atoms with Gasteiger partial charge in [-0.15, -0.1) is 0 Å². The highest BCUT2D eigenvalue weighted by Crippen LogP contribution is 2.14. The Bertz CT molecular complexity index is 332. The first-order valence-corrected chi connectivity index (χ1v) is 10.9. The van der Waals surface area contributed by atoms with E-state index in [9.17, 15) is 0 Å². The molecule has 140 valence electrons. The van der Waals surface area contributed by atoms with Gasteiger partial charge in [-0.05, 0) is 12.8 Å². The second kappa shape index (κ2) is 17.0. The van der Waals surface area contributed by atoms with Crippen molar-refractivity contribution < 1.29 is 0 Å². The van der Waals surface area contributed by atoms with Crippen molar-refractivity contribution in [3.8, 4) is 0 Å². The van der Waals surface area contributed by atoms with Gasteiger partial charge in [0, 0.05) is 0 Å². The molecule has 0 amide bonds. The lowest BCUT2D eigenvalue weighted by molar-refractivity contribution is 0.526. The summed E-state index contributed by atoms with van der Waals surface area (Å²) in [6, 6.07) is 0. The smallest absolute Gasteiger partial charge is 0.0358 e. The van der Waals surface area contributed by atoms with Crippen molar-refractivity contribution in [2.45, 2.75) is 122 Å². The average Bonchev–Trinajstić information content (AvgIpc) is 3.11. The molecule has 1 aromatic rings. The Hall–Kier alpha value is -0.790. The lowest BCUT2D eigenvalue weighted by Gasteiger charge is -2.05. The fourth-order valence-corrected chi connectivity index (χ4v) is 3.41. The minimum atomic E-state index is 1.02. The fourth-order valence-electron chi connectivity index (χ4n) is 3.41. The second-order valence-electron chi connectivity index (χ2n) is 7.38. The molecule has 0 saturated heterocycles. The number of unbranched alkanes of at least 4 members (excludes halogenated alkanes) is 16. The summed E-state index contributed by atoms with van der Waals surface area (Å²) >= 11 is 0. The maximum atomic E-state index is 4.22. The van der Waals surface area contributed by atoms with Gasteiger partial charge in [-0.3, -0.25) is 0 Å². The number of hydrogen-bond acceptors (Lipinski definition) is 1. The molecule has 0 bridgehead atoms. The summed E-state index contributed by atoms with van der Waals surface area (Å²) in [5.41, 5.74) is 0. The first-order valence-electron chi connectivity index (χ1n) is 10.9. The SMILES string of the molecule is CCCCCCCCCCCCCCCCCCCc1ncc[n-]1. The Kier molecular flexibility index (Phi) is 15.1. The Morgan fingerprint density at radius 3 is 1.42 bits per heavy atom. The molecule has 0 saturated carbocycles. The zero-order valence-corrected chi connectivity index (χ0v) is 16.3. The topological polar surface area (TPSA) is 27.0 Å². The minimum absolute atomic E-state index is 1.02. The van der Waals surface area contributed by atoms with Crippen molar-refractivity contribution in [1.82, 2.24) is 9.97 Å². The Morgan fingerprint density at radius 1 is 0.625 bits per heavy atom. The number of hydrogen-bond donors (Lipinski definition) is 0. The second-order valence-corrected chi connectivity index (χ2v) is 7.38. The minimum Gasteiger partial charge on any atom is -0.446 e. The van der Waals surface area contributed by atoms with Gasteiger partial charge in [0.05, 0.1) is 0 Å². The molecule has 0 aliphatic heterocycles. The third-order valence-electron chi connectivity index (χ3n) is 5.02. The molecule has 0 aliphatic rings. The van der Waals surface area contributed by atoms with Crippen molar-refractivity contribution in [3.05, 3.63) is 18.2 Å². The van der Waals surface area contributed by atoms with Gasteiger partial charge >= 0.3 is 0 Å². The highest BCUT2D eigenvalue weighted by molar-refractivity contribution is 4.85. The Labute approximate surface area is 151 Å². The van der Waals surface area contributed by atoms with E-state index in [4.69, 9.17) is 0 Å². The van der Waals surface area contributed by atoms with Crippen LogP contribution in [0.2, 0.25) is 0 Å². The summed E-state index contributed by atoms with van der Waals surface area (Å²) in [6.45, 7) is 2.29. The van der Waals surface area contributed by atoms with Gasteiger partial charge in [-0.25, -0.2) is 0 Å². The monoisotopic (exact) mass is 333 g/mol. The van der Waals surface area contributed by atoms with Crippen molar-refractivity contribution in [2.24, 2.45) is 0 Å². The maximum Gasteiger partial charge on any atom is -0.0358 e. The first kappa shape index (κ1) is 21.3. The van der Waals surface area contributed by atoms with Gasteiger partial charge in [0.2, 0.25) is 0 Å². The number of imidazole rings is 1. The first-order chi connectivity index (χ1) is 11.9. The Balaban J connectivity index is 1.66. The van der Waals surface area contributed by atoms with Crippen molar-refractivity contribution in [2.75, 3.05) is 0 Å². The molecule has 0 aromatic carbocycles. The molecule has 0 radical (unpaired) electrons. The molecule has 2 nitrogen and oxygen atoms in total.